The SMILES string of the molecule is COc1cc(=O)n2c(c1C(=O)N[C@@H](C)c1ccco1)CCN(C(=O)Cc1sc(C)nc1C)CC2. The Hall–Kier alpha value is -3.40. The Kier molecular flexibility index (Phi) is 6.87. The number of hydrogen-bond acceptors (Lipinski definition) is 7. The van der Waals surface area contributed by atoms with Gasteiger partial charge in [0.05, 0.1) is 36.5 Å². The highest BCUT2D eigenvalue weighted by molar-refractivity contribution is 7.11. The standard InChI is InChI=1S/C24H28N4O5S/c1-14(18-6-5-11-33-18)26-24(31)23-17-7-8-27(9-10-28(17)22(30)12-19(23)32-4)21(29)13-20-15(2)25-16(3)34-20/h5-6,11-12,14H,7-10,13H2,1-4H3,(H,26,31)/t14-/m0/s1. The normalized spacial score (nSPS) is 14.3. The zero-order valence-corrected chi connectivity index (χ0v) is 20.5. The van der Waals surface area contributed by atoms with E-state index >= 15 is 0 Å². The third kappa shape index (κ3) is 4.77. The topological polar surface area (TPSA) is 107 Å². The van der Waals surface area contributed by atoms with Crippen LogP contribution in [0.25, 0.3) is 0 Å². The van der Waals surface area contributed by atoms with Crippen molar-refractivity contribution in [2.45, 2.75) is 46.2 Å². The van der Waals surface area contributed by atoms with Gasteiger partial charge in [-0.1, -0.05) is 0 Å². The first-order valence-electron chi connectivity index (χ1n) is 11.1. The number of aryl methyl sites for hydroxylation is 2. The number of pyridine rings is 1. The van der Waals surface area contributed by atoms with Crippen LogP contribution in [0.1, 0.15) is 50.4 Å². The molecule has 34 heavy (non-hydrogen) atoms. The van der Waals surface area contributed by atoms with Crippen LogP contribution in [0.2, 0.25) is 0 Å². The number of fused-ring (bicyclic) bond motifs is 1. The Labute approximate surface area is 201 Å². The fourth-order valence-corrected chi connectivity index (χ4v) is 5.20. The number of nitrogens with zero attached hydrogens (tertiary/aromatic N) is 3. The van der Waals surface area contributed by atoms with Crippen molar-refractivity contribution in [2.24, 2.45) is 0 Å². The van der Waals surface area contributed by atoms with E-state index in [2.05, 4.69) is 10.3 Å². The van der Waals surface area contributed by atoms with Crippen molar-refractivity contribution in [3.63, 3.8) is 0 Å². The van der Waals surface area contributed by atoms with Crippen LogP contribution in [0.3, 0.4) is 0 Å². The van der Waals surface area contributed by atoms with Crippen LogP contribution in [0.15, 0.2) is 33.7 Å². The summed E-state index contributed by atoms with van der Waals surface area (Å²) in [6.45, 7) is 6.74. The van der Waals surface area contributed by atoms with Gasteiger partial charge < -0.3 is 23.9 Å². The van der Waals surface area contributed by atoms with Gasteiger partial charge in [0, 0.05) is 42.7 Å². The quantitative estimate of drug-likeness (QED) is 0.577. The van der Waals surface area contributed by atoms with Gasteiger partial charge in [-0.25, -0.2) is 4.98 Å². The molecule has 1 atom stereocenters. The summed E-state index contributed by atoms with van der Waals surface area (Å²) >= 11 is 1.53. The van der Waals surface area contributed by atoms with Crippen molar-refractivity contribution < 1.29 is 18.7 Å². The van der Waals surface area contributed by atoms with Crippen LogP contribution in [0.5, 0.6) is 5.75 Å². The van der Waals surface area contributed by atoms with Gasteiger partial charge >= 0.3 is 0 Å². The molecule has 0 saturated heterocycles. The molecular weight excluding hydrogens is 456 g/mol. The van der Waals surface area contributed by atoms with Gasteiger partial charge in [-0.05, 0) is 32.9 Å². The third-order valence-electron chi connectivity index (χ3n) is 6.02. The Morgan fingerprint density at radius 3 is 2.74 bits per heavy atom. The summed E-state index contributed by atoms with van der Waals surface area (Å²) in [5, 5.41) is 3.86. The molecule has 0 aliphatic carbocycles. The number of amides is 2. The minimum Gasteiger partial charge on any atom is -0.496 e. The van der Waals surface area contributed by atoms with Crippen LogP contribution in [-0.4, -0.2) is 46.5 Å². The zero-order chi connectivity index (χ0) is 24.4. The van der Waals surface area contributed by atoms with Crippen molar-refractivity contribution in [1.29, 1.82) is 0 Å². The second-order valence-corrected chi connectivity index (χ2v) is 9.57. The molecule has 0 unspecified atom stereocenters. The fourth-order valence-electron chi connectivity index (χ4n) is 4.27. The average molecular weight is 485 g/mol. The second kappa shape index (κ2) is 9.84. The molecule has 4 rings (SSSR count). The molecule has 180 valence electrons. The predicted octanol–water partition coefficient (Wildman–Crippen LogP) is 2.64. The molecule has 1 N–H and O–H groups in total. The van der Waals surface area contributed by atoms with Crippen molar-refractivity contribution in [3.05, 3.63) is 67.4 Å². The van der Waals surface area contributed by atoms with Crippen LogP contribution >= 0.6 is 11.3 Å². The number of ether oxygens (including phenoxy) is 1. The lowest BCUT2D eigenvalue weighted by atomic mass is 10.1. The van der Waals surface area contributed by atoms with Crippen molar-refractivity contribution in [2.75, 3.05) is 20.2 Å². The number of nitrogens with one attached hydrogen (secondary N) is 1. The van der Waals surface area contributed by atoms with E-state index in [-0.39, 0.29) is 35.6 Å². The molecule has 1 aliphatic heterocycles. The Bertz CT molecular complexity index is 1260. The Morgan fingerprint density at radius 2 is 2.09 bits per heavy atom. The van der Waals surface area contributed by atoms with Crippen molar-refractivity contribution in [1.82, 2.24) is 19.8 Å². The van der Waals surface area contributed by atoms with Crippen LogP contribution < -0.4 is 15.6 Å². The van der Waals surface area contributed by atoms with Gasteiger partial charge in [0.25, 0.3) is 11.5 Å². The number of carbonyl (C=O) groups is 2. The van der Waals surface area contributed by atoms with Crippen molar-refractivity contribution in [3.8, 4) is 5.75 Å². The highest BCUT2D eigenvalue weighted by Crippen LogP contribution is 2.25. The number of hydrogen-bond donors (Lipinski definition) is 1. The first-order chi connectivity index (χ1) is 16.3. The van der Waals surface area contributed by atoms with Gasteiger partial charge in [-0.15, -0.1) is 11.3 Å². The molecule has 0 fully saturated rings. The molecule has 3 aromatic rings. The van der Waals surface area contributed by atoms with Crippen LogP contribution in [0, 0.1) is 13.8 Å². The first-order valence-corrected chi connectivity index (χ1v) is 12.0. The molecule has 0 radical (unpaired) electrons. The van der Waals surface area contributed by atoms with E-state index in [9.17, 15) is 14.4 Å². The number of furan rings is 1. The van der Waals surface area contributed by atoms with E-state index < -0.39 is 0 Å². The maximum atomic E-state index is 13.3. The molecule has 1 aliphatic rings. The van der Waals surface area contributed by atoms with Gasteiger partial charge in [0.1, 0.15) is 17.1 Å². The second-order valence-electron chi connectivity index (χ2n) is 8.28. The van der Waals surface area contributed by atoms with Crippen molar-refractivity contribution >= 4 is 23.2 Å². The molecule has 10 heteroatoms. The van der Waals surface area contributed by atoms with Gasteiger partial charge in [-0.2, -0.15) is 0 Å². The summed E-state index contributed by atoms with van der Waals surface area (Å²) in [5.74, 6) is 0.463. The Balaban J connectivity index is 1.58. The lowest BCUT2D eigenvalue weighted by Gasteiger charge is -2.19. The smallest absolute Gasteiger partial charge is 0.257 e. The van der Waals surface area contributed by atoms with Crippen LogP contribution in [-0.2, 0) is 24.2 Å². The molecule has 9 nitrogen and oxygen atoms in total. The van der Waals surface area contributed by atoms with E-state index in [4.69, 9.17) is 9.15 Å². The lowest BCUT2D eigenvalue weighted by Crippen LogP contribution is -2.35. The predicted molar refractivity (Wildman–Crippen MR) is 127 cm³/mol. The molecule has 0 aromatic carbocycles. The van der Waals surface area contributed by atoms with Gasteiger partial charge in [0.2, 0.25) is 5.91 Å². The highest BCUT2D eigenvalue weighted by Gasteiger charge is 2.28. The minimum atomic E-state index is -0.366. The summed E-state index contributed by atoms with van der Waals surface area (Å²) < 4.78 is 12.4. The Morgan fingerprint density at radius 1 is 1.29 bits per heavy atom. The summed E-state index contributed by atoms with van der Waals surface area (Å²) in [6.07, 6.45) is 2.18. The molecule has 0 saturated carbocycles. The largest absolute Gasteiger partial charge is 0.496 e. The average Bonchev–Trinajstić information content (AvgIpc) is 3.37. The monoisotopic (exact) mass is 484 g/mol. The zero-order valence-electron chi connectivity index (χ0n) is 19.7. The number of carbonyl (C=O) groups excluding carboxylic acids is 2. The third-order valence-corrected chi connectivity index (χ3v) is 7.09. The van der Waals surface area contributed by atoms with Gasteiger partial charge in [-0.3, -0.25) is 14.4 Å². The first kappa shape index (κ1) is 23.7. The number of thiazole rings is 1. The summed E-state index contributed by atoms with van der Waals surface area (Å²) in [7, 11) is 1.44. The summed E-state index contributed by atoms with van der Waals surface area (Å²) in [6, 6.07) is 4.51. The molecule has 2 amide bonds. The maximum absolute atomic E-state index is 13.3. The minimum absolute atomic E-state index is 0.0167. The van der Waals surface area contributed by atoms with E-state index in [0.29, 0.717) is 43.1 Å². The van der Waals surface area contributed by atoms with Gasteiger partial charge in [0.15, 0.2) is 0 Å². The molecule has 3 aromatic heterocycles. The number of aromatic nitrogens is 2. The fraction of sp³-hybridized carbons (Fsp3) is 0.417. The van der Waals surface area contributed by atoms with E-state index in [0.717, 1.165) is 15.6 Å². The molecule has 0 bridgehead atoms. The van der Waals surface area contributed by atoms with E-state index in [1.54, 1.807) is 27.9 Å². The number of rotatable bonds is 6. The van der Waals surface area contributed by atoms with E-state index in [1.165, 1.54) is 24.5 Å². The highest BCUT2D eigenvalue weighted by atomic mass is 32.1. The summed E-state index contributed by atoms with van der Waals surface area (Å²) in [4.78, 5) is 46.3. The number of methoxy groups -OCH3 is 1. The lowest BCUT2D eigenvalue weighted by molar-refractivity contribution is -0.130. The van der Waals surface area contributed by atoms with E-state index in [1.807, 2.05) is 20.8 Å². The molecule has 0 spiro atoms. The molecule has 4 heterocycles. The molecular formula is C24H28N4O5S. The summed E-state index contributed by atoms with van der Waals surface area (Å²) in [5.41, 5.74) is 1.49. The van der Waals surface area contributed by atoms with Crippen LogP contribution in [0.4, 0.5) is 0 Å². The maximum Gasteiger partial charge on any atom is 0.257 e.